The van der Waals surface area contributed by atoms with Crippen molar-refractivity contribution >= 4 is 9.47 Å². The predicted octanol–water partition coefficient (Wildman–Crippen LogP) is 6.15. The molecular weight excluding hydrogens is 351 g/mol. The average Bonchev–Trinajstić information content (AvgIpc) is 3.01. The highest BCUT2D eigenvalue weighted by atomic mass is 31.0. The van der Waals surface area contributed by atoms with E-state index in [1.807, 2.05) is 0 Å². The number of fused-ring (bicyclic) bond motifs is 5. The third-order valence-corrected chi connectivity index (χ3v) is 10.2. The van der Waals surface area contributed by atoms with E-state index in [9.17, 15) is 5.11 Å². The Morgan fingerprint density at radius 2 is 2.00 bits per heavy atom. The highest BCUT2D eigenvalue weighted by molar-refractivity contribution is 7.09. The van der Waals surface area contributed by atoms with Crippen LogP contribution in [0, 0.1) is 40.4 Å². The highest BCUT2D eigenvalue weighted by Gasteiger charge is 2.60. The fourth-order valence-electron chi connectivity index (χ4n) is 8.23. The molecule has 0 aromatic rings. The van der Waals surface area contributed by atoms with Crippen LogP contribution in [0.15, 0.2) is 11.6 Å². The molecule has 27 heavy (non-hydrogen) atoms. The van der Waals surface area contributed by atoms with Crippen LogP contribution in [0.3, 0.4) is 0 Å². The fraction of sp³-hybridized carbons (Fsp3) is 0.917. The summed E-state index contributed by atoms with van der Waals surface area (Å²) >= 11 is 0. The van der Waals surface area contributed by atoms with Gasteiger partial charge in [0.05, 0.1) is 12.2 Å². The first-order valence-electron chi connectivity index (χ1n) is 11.6. The summed E-state index contributed by atoms with van der Waals surface area (Å²) in [5.41, 5.74) is 2.02. The predicted molar refractivity (Wildman–Crippen MR) is 115 cm³/mol. The molecule has 4 aliphatic carbocycles. The molecule has 0 amide bonds. The van der Waals surface area contributed by atoms with Gasteiger partial charge in [0.25, 0.3) is 0 Å². The highest BCUT2D eigenvalue weighted by Crippen LogP contribution is 2.66. The standard InChI is InChI=1S/C24H41O2P/c1-5-6-15(2)19-9-10-20-18-8-7-16-13-17(26-27)11-12-23(16,3)21(18)14-22(25)24(19,20)4/h14-20,22,25H,5-13,27H2,1-4H3/t15-,16-,17-,18+,19?,20+,22+,23+,24-/m1/s1. The van der Waals surface area contributed by atoms with Gasteiger partial charge >= 0.3 is 0 Å². The number of hydrogen-bond donors (Lipinski definition) is 1. The molecule has 0 spiro atoms. The SMILES string of the molecule is CCC[C@@H](C)C1CC[C@H]2[C@@H]3CC[C@@H]4C[C@H](OP)CC[C@]4(C)C3=C[C@H](O)[C@]12C. The second-order valence-corrected chi connectivity index (χ2v) is 11.1. The molecule has 0 aliphatic heterocycles. The van der Waals surface area contributed by atoms with Crippen LogP contribution in [0.2, 0.25) is 0 Å². The van der Waals surface area contributed by atoms with Gasteiger partial charge in [-0.3, -0.25) is 0 Å². The maximum absolute atomic E-state index is 11.5. The molecule has 3 saturated carbocycles. The molecule has 0 aromatic carbocycles. The van der Waals surface area contributed by atoms with Crippen LogP contribution >= 0.6 is 9.47 Å². The first kappa shape index (κ1) is 20.4. The molecule has 2 nitrogen and oxygen atoms in total. The first-order chi connectivity index (χ1) is 12.9. The molecule has 10 atom stereocenters. The Bertz CT molecular complexity index is 589. The third-order valence-electron chi connectivity index (χ3n) is 9.79. The van der Waals surface area contributed by atoms with Crippen LogP contribution in [-0.4, -0.2) is 17.3 Å². The van der Waals surface area contributed by atoms with Crippen molar-refractivity contribution in [1.29, 1.82) is 0 Å². The molecule has 0 bridgehead atoms. The summed E-state index contributed by atoms with van der Waals surface area (Å²) in [6.07, 6.45) is 14.0. The zero-order valence-corrected chi connectivity index (χ0v) is 19.1. The van der Waals surface area contributed by atoms with Gasteiger partial charge in [0.15, 0.2) is 0 Å². The van der Waals surface area contributed by atoms with E-state index in [1.54, 1.807) is 5.57 Å². The van der Waals surface area contributed by atoms with Crippen LogP contribution in [0.5, 0.6) is 0 Å². The van der Waals surface area contributed by atoms with Crippen LogP contribution in [0.25, 0.3) is 0 Å². The summed E-state index contributed by atoms with van der Waals surface area (Å²) in [4.78, 5) is 0. The van der Waals surface area contributed by atoms with Crippen LogP contribution in [0.1, 0.15) is 85.5 Å². The van der Waals surface area contributed by atoms with Crippen molar-refractivity contribution in [2.45, 2.75) is 97.7 Å². The molecule has 0 heterocycles. The third kappa shape index (κ3) is 3.00. The first-order valence-corrected chi connectivity index (χ1v) is 12.1. The number of rotatable bonds is 4. The van der Waals surface area contributed by atoms with E-state index in [-0.39, 0.29) is 16.9 Å². The van der Waals surface area contributed by atoms with E-state index in [0.29, 0.717) is 23.9 Å². The van der Waals surface area contributed by atoms with Gasteiger partial charge in [-0.1, -0.05) is 52.2 Å². The van der Waals surface area contributed by atoms with Gasteiger partial charge < -0.3 is 9.63 Å². The maximum Gasteiger partial charge on any atom is 0.0782 e. The Morgan fingerprint density at radius 3 is 2.70 bits per heavy atom. The Hall–Kier alpha value is 0.0900. The van der Waals surface area contributed by atoms with Crippen molar-refractivity contribution in [3.05, 3.63) is 11.6 Å². The topological polar surface area (TPSA) is 29.5 Å². The minimum atomic E-state index is -0.258. The lowest BCUT2D eigenvalue weighted by Gasteiger charge is -2.58. The summed E-state index contributed by atoms with van der Waals surface area (Å²) in [6.45, 7) is 9.69. The zero-order chi connectivity index (χ0) is 19.4. The minimum absolute atomic E-state index is 0.0896. The summed E-state index contributed by atoms with van der Waals surface area (Å²) in [6, 6.07) is 0. The van der Waals surface area contributed by atoms with Crippen molar-refractivity contribution in [3.8, 4) is 0 Å². The van der Waals surface area contributed by atoms with Gasteiger partial charge in [0.2, 0.25) is 0 Å². The molecule has 2 unspecified atom stereocenters. The lowest BCUT2D eigenvalue weighted by atomic mass is 9.48. The van der Waals surface area contributed by atoms with Crippen molar-refractivity contribution in [3.63, 3.8) is 0 Å². The Morgan fingerprint density at radius 1 is 1.22 bits per heavy atom. The van der Waals surface area contributed by atoms with E-state index in [1.165, 1.54) is 51.4 Å². The molecule has 0 saturated heterocycles. The Kier molecular flexibility index (Phi) is 5.59. The molecule has 3 heteroatoms. The van der Waals surface area contributed by atoms with Crippen molar-refractivity contribution < 1.29 is 9.63 Å². The Balaban J connectivity index is 1.65. The quantitative estimate of drug-likeness (QED) is 0.459. The number of aliphatic hydroxyl groups is 1. The summed E-state index contributed by atoms with van der Waals surface area (Å²) < 4.78 is 5.64. The minimum Gasteiger partial charge on any atom is -0.388 e. The summed E-state index contributed by atoms with van der Waals surface area (Å²) in [7, 11) is 2.49. The van der Waals surface area contributed by atoms with E-state index >= 15 is 0 Å². The summed E-state index contributed by atoms with van der Waals surface area (Å²) in [5.74, 6) is 3.54. The number of allylic oxidation sites excluding steroid dienone is 1. The molecule has 154 valence electrons. The van der Waals surface area contributed by atoms with E-state index in [4.69, 9.17) is 4.52 Å². The van der Waals surface area contributed by atoms with E-state index < -0.39 is 0 Å². The number of aliphatic hydroxyl groups excluding tert-OH is 1. The van der Waals surface area contributed by atoms with Gasteiger partial charge in [-0.05, 0) is 80.0 Å². The average molecular weight is 393 g/mol. The van der Waals surface area contributed by atoms with Gasteiger partial charge in [-0.25, -0.2) is 0 Å². The number of hydrogen-bond acceptors (Lipinski definition) is 2. The van der Waals surface area contributed by atoms with Gasteiger partial charge in [-0.15, -0.1) is 0 Å². The fourth-order valence-corrected chi connectivity index (χ4v) is 8.47. The largest absolute Gasteiger partial charge is 0.388 e. The van der Waals surface area contributed by atoms with E-state index in [0.717, 1.165) is 18.3 Å². The Labute approximate surface area is 169 Å². The molecule has 1 N–H and O–H groups in total. The second-order valence-electron chi connectivity index (χ2n) is 10.8. The molecule has 0 aromatic heterocycles. The van der Waals surface area contributed by atoms with Crippen LogP contribution < -0.4 is 0 Å². The van der Waals surface area contributed by atoms with Crippen LogP contribution in [0.4, 0.5) is 0 Å². The zero-order valence-electron chi connectivity index (χ0n) is 17.9. The van der Waals surface area contributed by atoms with Crippen molar-refractivity contribution in [2.75, 3.05) is 0 Å². The molecule has 3 fully saturated rings. The molecular formula is C24H41O2P. The van der Waals surface area contributed by atoms with E-state index in [2.05, 4.69) is 43.2 Å². The normalized spacial score (nSPS) is 50.4. The lowest BCUT2D eigenvalue weighted by Crippen LogP contribution is -2.53. The maximum atomic E-state index is 11.5. The smallest absolute Gasteiger partial charge is 0.0782 e. The van der Waals surface area contributed by atoms with Crippen molar-refractivity contribution in [1.82, 2.24) is 0 Å². The monoisotopic (exact) mass is 392 g/mol. The summed E-state index contributed by atoms with van der Waals surface area (Å²) in [5, 5.41) is 11.5. The molecule has 4 aliphatic rings. The second kappa shape index (κ2) is 7.41. The van der Waals surface area contributed by atoms with Crippen LogP contribution in [-0.2, 0) is 4.52 Å². The van der Waals surface area contributed by atoms with Gasteiger partial charge in [0, 0.05) is 14.9 Å². The van der Waals surface area contributed by atoms with Crippen molar-refractivity contribution in [2.24, 2.45) is 40.4 Å². The van der Waals surface area contributed by atoms with Gasteiger partial charge in [0.1, 0.15) is 0 Å². The van der Waals surface area contributed by atoms with Gasteiger partial charge in [-0.2, -0.15) is 0 Å². The molecule has 0 radical (unpaired) electrons. The lowest BCUT2D eigenvalue weighted by molar-refractivity contribution is -0.0605. The molecule has 4 rings (SSSR count).